The number of carbonyl (C=O) groups is 1. The Bertz CT molecular complexity index is 1420. The molecule has 4 aromatic rings. The molecular weight excluding hydrogens is 437 g/mol. The van der Waals surface area contributed by atoms with Gasteiger partial charge in [0.15, 0.2) is 5.69 Å². The quantitative estimate of drug-likeness (QED) is 0.473. The molecule has 6 nitrogen and oxygen atoms in total. The van der Waals surface area contributed by atoms with Crippen LogP contribution in [0.15, 0.2) is 59.7 Å². The largest absolute Gasteiger partial charge is 0.477 e. The van der Waals surface area contributed by atoms with Gasteiger partial charge in [0.25, 0.3) is 0 Å². The first kappa shape index (κ1) is 21.2. The van der Waals surface area contributed by atoms with Gasteiger partial charge in [0, 0.05) is 23.3 Å². The van der Waals surface area contributed by atoms with Crippen LogP contribution in [-0.4, -0.2) is 25.4 Å². The molecule has 0 unspecified atom stereocenters. The van der Waals surface area contributed by atoms with Crippen molar-refractivity contribution in [3.8, 4) is 5.69 Å². The summed E-state index contributed by atoms with van der Waals surface area (Å²) in [6.45, 7) is -0.336. The van der Waals surface area contributed by atoms with Crippen LogP contribution in [0, 0.1) is 11.6 Å². The summed E-state index contributed by atoms with van der Waals surface area (Å²) in [5, 5.41) is 12.5. The third-order valence-corrected chi connectivity index (χ3v) is 4.80. The molecule has 2 aromatic carbocycles. The first-order chi connectivity index (χ1) is 15.1. The lowest BCUT2D eigenvalue weighted by Gasteiger charge is -2.14. The fourth-order valence-electron chi connectivity index (χ4n) is 3.30. The van der Waals surface area contributed by atoms with E-state index >= 15 is 0 Å². The predicted molar refractivity (Wildman–Crippen MR) is 103 cm³/mol. The Kier molecular flexibility index (Phi) is 5.03. The zero-order valence-electron chi connectivity index (χ0n) is 15.9. The van der Waals surface area contributed by atoms with Crippen LogP contribution in [0.25, 0.3) is 16.6 Å². The summed E-state index contributed by atoms with van der Waals surface area (Å²) in [5.74, 6) is -3.17. The average molecular weight is 449 g/mol. The SMILES string of the molecule is O=C(O)c1cn(Cc2ccc(-n3ccc(C(F)(F)F)n3)cc2F)c2c(F)cccc2c1=O. The Morgan fingerprint density at radius 1 is 1.06 bits per heavy atom. The molecule has 0 aliphatic rings. The molecule has 1 N–H and O–H groups in total. The van der Waals surface area contributed by atoms with Crippen molar-refractivity contribution in [3.63, 3.8) is 0 Å². The van der Waals surface area contributed by atoms with Crippen molar-refractivity contribution in [2.45, 2.75) is 12.7 Å². The molecule has 0 saturated carbocycles. The van der Waals surface area contributed by atoms with Gasteiger partial charge in [-0.15, -0.1) is 0 Å². The van der Waals surface area contributed by atoms with Crippen LogP contribution in [-0.2, 0) is 12.7 Å². The Morgan fingerprint density at radius 3 is 2.44 bits per heavy atom. The molecule has 0 fully saturated rings. The summed E-state index contributed by atoms with van der Waals surface area (Å²) in [5.41, 5.74) is -2.83. The van der Waals surface area contributed by atoms with E-state index in [4.69, 9.17) is 0 Å². The van der Waals surface area contributed by atoms with Crippen molar-refractivity contribution >= 4 is 16.9 Å². The highest BCUT2D eigenvalue weighted by molar-refractivity contribution is 5.92. The lowest BCUT2D eigenvalue weighted by Crippen LogP contribution is -2.20. The molecular formula is C21H12F5N3O3. The van der Waals surface area contributed by atoms with Gasteiger partial charge in [0.05, 0.1) is 17.7 Å². The molecule has 0 aliphatic heterocycles. The third-order valence-electron chi connectivity index (χ3n) is 4.80. The molecule has 164 valence electrons. The van der Waals surface area contributed by atoms with Crippen molar-refractivity contribution in [3.05, 3.63) is 93.5 Å². The van der Waals surface area contributed by atoms with Gasteiger partial charge in [-0.25, -0.2) is 18.3 Å². The van der Waals surface area contributed by atoms with E-state index in [0.717, 1.165) is 39.8 Å². The molecule has 0 radical (unpaired) electrons. The number of hydrogen-bond donors (Lipinski definition) is 1. The summed E-state index contributed by atoms with van der Waals surface area (Å²) in [4.78, 5) is 23.8. The highest BCUT2D eigenvalue weighted by atomic mass is 19.4. The van der Waals surface area contributed by atoms with Gasteiger partial charge in [-0.1, -0.05) is 12.1 Å². The number of pyridine rings is 1. The molecule has 4 rings (SSSR count). The van der Waals surface area contributed by atoms with Crippen molar-refractivity contribution in [1.82, 2.24) is 14.3 Å². The van der Waals surface area contributed by atoms with Crippen LogP contribution < -0.4 is 5.43 Å². The summed E-state index contributed by atoms with van der Waals surface area (Å²) >= 11 is 0. The molecule has 0 spiro atoms. The number of fused-ring (bicyclic) bond motifs is 1. The van der Waals surface area contributed by atoms with E-state index in [1.54, 1.807) is 0 Å². The monoisotopic (exact) mass is 449 g/mol. The van der Waals surface area contributed by atoms with Crippen LogP contribution in [0.3, 0.4) is 0 Å². The zero-order chi connectivity index (χ0) is 23.2. The number of carboxylic acids is 1. The molecule has 0 amide bonds. The minimum Gasteiger partial charge on any atom is -0.477 e. The Labute approximate surface area is 175 Å². The van der Waals surface area contributed by atoms with E-state index in [1.807, 2.05) is 0 Å². The van der Waals surface area contributed by atoms with Crippen molar-refractivity contribution in [1.29, 1.82) is 0 Å². The molecule has 0 aliphatic carbocycles. The predicted octanol–water partition coefficient (Wildman–Crippen LogP) is 4.23. The van der Waals surface area contributed by atoms with Gasteiger partial charge in [-0.3, -0.25) is 4.79 Å². The smallest absolute Gasteiger partial charge is 0.435 e. The van der Waals surface area contributed by atoms with Gasteiger partial charge in [0.1, 0.15) is 17.2 Å². The summed E-state index contributed by atoms with van der Waals surface area (Å²) in [6, 6.07) is 7.85. The van der Waals surface area contributed by atoms with E-state index in [0.29, 0.717) is 0 Å². The average Bonchev–Trinajstić information content (AvgIpc) is 3.22. The first-order valence-electron chi connectivity index (χ1n) is 9.03. The van der Waals surface area contributed by atoms with E-state index in [-0.39, 0.29) is 28.7 Å². The third kappa shape index (κ3) is 3.72. The van der Waals surface area contributed by atoms with Crippen LogP contribution in [0.2, 0.25) is 0 Å². The van der Waals surface area contributed by atoms with Gasteiger partial charge in [0.2, 0.25) is 5.43 Å². The van der Waals surface area contributed by atoms with Gasteiger partial charge in [-0.05, 0) is 30.3 Å². The van der Waals surface area contributed by atoms with Crippen LogP contribution in [0.1, 0.15) is 21.6 Å². The maximum absolute atomic E-state index is 14.8. The number of para-hydroxylation sites is 1. The summed E-state index contributed by atoms with van der Waals surface area (Å²) < 4.78 is 69.3. The first-order valence-corrected chi connectivity index (χ1v) is 9.03. The molecule has 0 bridgehead atoms. The number of nitrogens with zero attached hydrogens (tertiary/aromatic N) is 3. The maximum atomic E-state index is 14.8. The second-order valence-electron chi connectivity index (χ2n) is 6.86. The normalized spacial score (nSPS) is 11.8. The number of aromatic carboxylic acids is 1. The maximum Gasteiger partial charge on any atom is 0.435 e. The Hall–Kier alpha value is -4.02. The molecule has 11 heteroatoms. The van der Waals surface area contributed by atoms with E-state index in [9.17, 15) is 36.6 Å². The second-order valence-corrected chi connectivity index (χ2v) is 6.86. The summed E-state index contributed by atoms with van der Waals surface area (Å²) in [6.07, 6.45) is -2.70. The number of carboxylic acid groups (broad SMARTS) is 1. The number of rotatable bonds is 4. The van der Waals surface area contributed by atoms with Crippen molar-refractivity contribution in [2.24, 2.45) is 0 Å². The lowest BCUT2D eigenvalue weighted by molar-refractivity contribution is -0.141. The van der Waals surface area contributed by atoms with Crippen LogP contribution >= 0.6 is 0 Å². The van der Waals surface area contributed by atoms with Crippen molar-refractivity contribution in [2.75, 3.05) is 0 Å². The number of hydrogen-bond acceptors (Lipinski definition) is 3. The second kappa shape index (κ2) is 7.59. The zero-order valence-corrected chi connectivity index (χ0v) is 15.9. The van der Waals surface area contributed by atoms with Crippen LogP contribution in [0.5, 0.6) is 0 Å². The Balaban J connectivity index is 1.77. The lowest BCUT2D eigenvalue weighted by atomic mass is 10.1. The molecule has 0 atom stereocenters. The number of halogens is 5. The van der Waals surface area contributed by atoms with Gasteiger partial charge in [-0.2, -0.15) is 18.3 Å². The summed E-state index contributed by atoms with van der Waals surface area (Å²) in [7, 11) is 0. The molecule has 2 aromatic heterocycles. The topological polar surface area (TPSA) is 77.1 Å². The van der Waals surface area contributed by atoms with Crippen molar-refractivity contribution < 1.29 is 31.9 Å². The standard InChI is InChI=1S/C21H12F5N3O3/c22-15-3-1-2-13-18(15)28(10-14(19(13)30)20(31)32)9-11-4-5-12(8-16(11)23)29-7-6-17(27-29)21(24,25)26/h1-8,10H,9H2,(H,31,32). The van der Waals surface area contributed by atoms with E-state index < -0.39 is 40.5 Å². The number of aromatic nitrogens is 3. The van der Waals surface area contributed by atoms with Crippen LogP contribution in [0.4, 0.5) is 22.0 Å². The molecule has 32 heavy (non-hydrogen) atoms. The minimum absolute atomic E-state index is 0.0125. The molecule has 0 saturated heterocycles. The van der Waals surface area contributed by atoms with E-state index in [1.165, 1.54) is 24.3 Å². The fourth-order valence-corrected chi connectivity index (χ4v) is 3.30. The van der Waals surface area contributed by atoms with Gasteiger partial charge < -0.3 is 9.67 Å². The Morgan fingerprint density at radius 2 is 1.81 bits per heavy atom. The van der Waals surface area contributed by atoms with E-state index in [2.05, 4.69) is 5.10 Å². The highest BCUT2D eigenvalue weighted by Gasteiger charge is 2.33. The number of benzene rings is 2. The fraction of sp³-hybridized carbons (Fsp3) is 0.0952. The molecule has 2 heterocycles. The minimum atomic E-state index is -4.65. The highest BCUT2D eigenvalue weighted by Crippen LogP contribution is 2.28. The number of alkyl halides is 3. The van der Waals surface area contributed by atoms with Gasteiger partial charge >= 0.3 is 12.1 Å².